The number of amides is 2. The van der Waals surface area contributed by atoms with E-state index in [1.165, 1.54) is 12.1 Å². The quantitative estimate of drug-likeness (QED) is 0.616. The van der Waals surface area contributed by atoms with Crippen LogP contribution in [0.2, 0.25) is 5.02 Å². The first-order chi connectivity index (χ1) is 13.9. The minimum absolute atomic E-state index is 0.0407. The van der Waals surface area contributed by atoms with Gasteiger partial charge in [0.25, 0.3) is 0 Å². The highest BCUT2D eigenvalue weighted by atomic mass is 79.9. The molecule has 0 saturated heterocycles. The predicted molar refractivity (Wildman–Crippen MR) is 115 cm³/mol. The van der Waals surface area contributed by atoms with Gasteiger partial charge in [-0.3, -0.25) is 9.59 Å². The topological polar surface area (TPSA) is 82.0 Å². The summed E-state index contributed by atoms with van der Waals surface area (Å²) in [6, 6.07) is 13.5. The fourth-order valence-electron chi connectivity index (χ4n) is 2.85. The van der Waals surface area contributed by atoms with Gasteiger partial charge in [-0.05, 0) is 35.9 Å². The molecule has 1 aliphatic rings. The highest BCUT2D eigenvalue weighted by Gasteiger charge is 2.30. The normalized spacial score (nSPS) is 16.2. The molecule has 2 amide bonds. The maximum atomic E-state index is 13.2. The minimum Gasteiger partial charge on any atom is -0.325 e. The zero-order valence-electron chi connectivity index (χ0n) is 14.8. The average molecular weight is 495 g/mol. The molecule has 5 nitrogen and oxygen atoms in total. The number of benzene rings is 2. The number of carbonyl (C=O) groups is 2. The Balaban J connectivity index is 1.75. The largest absolute Gasteiger partial charge is 0.325 e. The molecule has 0 aromatic heterocycles. The molecule has 0 saturated carbocycles. The van der Waals surface area contributed by atoms with Gasteiger partial charge in [0.15, 0.2) is 0 Å². The number of anilines is 1. The Morgan fingerprint density at radius 1 is 1.38 bits per heavy atom. The predicted octanol–water partition coefficient (Wildman–Crippen LogP) is 4.95. The minimum atomic E-state index is -0.577. The summed E-state index contributed by atoms with van der Waals surface area (Å²) in [6.07, 6.45) is 0.156. The van der Waals surface area contributed by atoms with E-state index in [-0.39, 0.29) is 34.9 Å². The highest BCUT2D eigenvalue weighted by Crippen LogP contribution is 2.36. The zero-order chi connectivity index (χ0) is 21.0. The van der Waals surface area contributed by atoms with Crippen molar-refractivity contribution < 1.29 is 14.0 Å². The van der Waals surface area contributed by atoms with Crippen molar-refractivity contribution in [1.29, 1.82) is 5.26 Å². The second-order valence-electron chi connectivity index (χ2n) is 6.18. The fraction of sp³-hybridized carbons (Fsp3) is 0.150. The van der Waals surface area contributed by atoms with Gasteiger partial charge in [-0.1, -0.05) is 51.4 Å². The van der Waals surface area contributed by atoms with E-state index in [0.29, 0.717) is 16.3 Å². The lowest BCUT2D eigenvalue weighted by Crippen LogP contribution is -2.31. The summed E-state index contributed by atoms with van der Waals surface area (Å²) >= 11 is 10.2. The molecule has 0 aliphatic carbocycles. The molecule has 0 radical (unpaired) electrons. The van der Waals surface area contributed by atoms with Crippen LogP contribution in [-0.4, -0.2) is 17.6 Å². The van der Waals surface area contributed by atoms with Crippen LogP contribution in [0.4, 0.5) is 10.1 Å². The Hall–Kier alpha value is -2.34. The van der Waals surface area contributed by atoms with Crippen molar-refractivity contribution in [1.82, 2.24) is 5.32 Å². The van der Waals surface area contributed by atoms with Crippen molar-refractivity contribution in [2.75, 3.05) is 11.1 Å². The molecular weight excluding hydrogens is 481 g/mol. The number of carbonyl (C=O) groups excluding carboxylic acids is 2. The lowest BCUT2D eigenvalue weighted by Gasteiger charge is -2.25. The van der Waals surface area contributed by atoms with Gasteiger partial charge in [0.2, 0.25) is 11.8 Å². The zero-order valence-corrected chi connectivity index (χ0v) is 18.0. The SMILES string of the molecule is N#CC1=C(SCC(=O)Nc2ccc(F)c(Cl)c2)NC(=O)C[C@@H]1c1cccc(Br)c1. The molecule has 2 N–H and O–H groups in total. The second-order valence-corrected chi connectivity index (χ2v) is 8.49. The maximum Gasteiger partial charge on any atom is 0.234 e. The van der Waals surface area contributed by atoms with Crippen molar-refractivity contribution in [3.05, 3.63) is 73.9 Å². The van der Waals surface area contributed by atoms with Crippen LogP contribution in [0.5, 0.6) is 0 Å². The number of thioether (sulfide) groups is 1. The Morgan fingerprint density at radius 3 is 2.86 bits per heavy atom. The van der Waals surface area contributed by atoms with E-state index in [0.717, 1.165) is 27.9 Å². The molecule has 0 unspecified atom stereocenters. The monoisotopic (exact) mass is 493 g/mol. The van der Waals surface area contributed by atoms with Crippen LogP contribution in [-0.2, 0) is 9.59 Å². The molecule has 1 heterocycles. The lowest BCUT2D eigenvalue weighted by molar-refractivity contribution is -0.121. The maximum absolute atomic E-state index is 13.2. The van der Waals surface area contributed by atoms with Gasteiger partial charge in [-0.15, -0.1) is 0 Å². The van der Waals surface area contributed by atoms with Gasteiger partial charge in [0, 0.05) is 22.5 Å². The standard InChI is InChI=1S/C20H14BrClFN3O2S/c21-12-3-1-2-11(6-12)14-8-18(27)26-20(15(14)9-24)29-10-19(28)25-13-4-5-17(23)16(22)7-13/h1-7,14H,8,10H2,(H,25,28)(H,26,27)/t14-/m1/s1. The Kier molecular flexibility index (Phi) is 6.96. The number of nitrogens with one attached hydrogen (secondary N) is 2. The van der Waals surface area contributed by atoms with Crippen LogP contribution >= 0.6 is 39.3 Å². The number of rotatable bonds is 5. The van der Waals surface area contributed by atoms with Gasteiger partial charge < -0.3 is 10.6 Å². The van der Waals surface area contributed by atoms with Gasteiger partial charge in [0.05, 0.1) is 27.4 Å². The molecule has 1 aliphatic heterocycles. The molecular formula is C20H14BrClFN3O2S. The molecule has 3 rings (SSSR count). The van der Waals surface area contributed by atoms with Crippen LogP contribution in [0.25, 0.3) is 0 Å². The highest BCUT2D eigenvalue weighted by molar-refractivity contribution is 9.10. The Bertz CT molecular complexity index is 1050. The third-order valence-electron chi connectivity index (χ3n) is 4.16. The van der Waals surface area contributed by atoms with Crippen molar-refractivity contribution in [3.63, 3.8) is 0 Å². The lowest BCUT2D eigenvalue weighted by atomic mass is 9.87. The van der Waals surface area contributed by atoms with Crippen LogP contribution in [0.15, 0.2) is 57.5 Å². The second kappa shape index (κ2) is 9.44. The van der Waals surface area contributed by atoms with Crippen LogP contribution in [0.3, 0.4) is 0 Å². The van der Waals surface area contributed by atoms with Crippen molar-refractivity contribution in [2.24, 2.45) is 0 Å². The van der Waals surface area contributed by atoms with Crippen LogP contribution < -0.4 is 10.6 Å². The van der Waals surface area contributed by atoms with E-state index >= 15 is 0 Å². The van der Waals surface area contributed by atoms with Gasteiger partial charge in [-0.25, -0.2) is 4.39 Å². The fourth-order valence-corrected chi connectivity index (χ4v) is 4.32. The molecule has 2 aromatic carbocycles. The third kappa shape index (κ3) is 5.38. The third-order valence-corrected chi connectivity index (χ3v) is 5.96. The summed E-state index contributed by atoms with van der Waals surface area (Å²) in [6.45, 7) is 0. The van der Waals surface area contributed by atoms with Crippen molar-refractivity contribution in [3.8, 4) is 6.07 Å². The molecule has 0 bridgehead atoms. The number of nitriles is 1. The molecule has 2 aromatic rings. The van der Waals surface area contributed by atoms with E-state index in [4.69, 9.17) is 11.6 Å². The molecule has 29 heavy (non-hydrogen) atoms. The van der Waals surface area contributed by atoms with Crippen molar-refractivity contribution >= 4 is 56.8 Å². The summed E-state index contributed by atoms with van der Waals surface area (Å²) in [7, 11) is 0. The summed E-state index contributed by atoms with van der Waals surface area (Å²) in [5.74, 6) is -1.59. The molecule has 9 heteroatoms. The van der Waals surface area contributed by atoms with Crippen molar-refractivity contribution in [2.45, 2.75) is 12.3 Å². The molecule has 0 fully saturated rings. The van der Waals surface area contributed by atoms with E-state index in [1.807, 2.05) is 24.3 Å². The summed E-state index contributed by atoms with van der Waals surface area (Å²) in [4.78, 5) is 24.4. The number of hydrogen-bond acceptors (Lipinski definition) is 4. The summed E-state index contributed by atoms with van der Waals surface area (Å²) < 4.78 is 14.1. The summed E-state index contributed by atoms with van der Waals surface area (Å²) in [5.41, 5.74) is 1.61. The first kappa shape index (κ1) is 21.4. The number of nitrogens with zero attached hydrogens (tertiary/aromatic N) is 1. The van der Waals surface area contributed by atoms with Gasteiger partial charge in [0.1, 0.15) is 5.82 Å². The summed E-state index contributed by atoms with van der Waals surface area (Å²) in [5, 5.41) is 15.2. The first-order valence-electron chi connectivity index (χ1n) is 8.44. The Labute approximate surface area is 184 Å². The number of allylic oxidation sites excluding steroid dienone is 1. The van der Waals surface area contributed by atoms with E-state index < -0.39 is 5.82 Å². The van der Waals surface area contributed by atoms with E-state index in [1.54, 1.807) is 0 Å². The molecule has 0 spiro atoms. The smallest absolute Gasteiger partial charge is 0.234 e. The average Bonchev–Trinajstić information content (AvgIpc) is 2.68. The van der Waals surface area contributed by atoms with E-state index in [9.17, 15) is 19.2 Å². The number of hydrogen-bond donors (Lipinski definition) is 2. The molecule has 1 atom stereocenters. The van der Waals surface area contributed by atoms with Crippen LogP contribution in [0, 0.1) is 17.1 Å². The van der Waals surface area contributed by atoms with Crippen LogP contribution in [0.1, 0.15) is 17.9 Å². The van der Waals surface area contributed by atoms with E-state index in [2.05, 4.69) is 32.6 Å². The number of halogens is 3. The van der Waals surface area contributed by atoms with Gasteiger partial charge in [-0.2, -0.15) is 5.26 Å². The Morgan fingerprint density at radius 2 is 2.17 bits per heavy atom. The van der Waals surface area contributed by atoms with Gasteiger partial charge >= 0.3 is 0 Å². The molecule has 148 valence electrons. The first-order valence-corrected chi connectivity index (χ1v) is 10.6.